The number of carbonyl (C=O) groups is 10. The summed E-state index contributed by atoms with van der Waals surface area (Å²) in [5, 5.41) is 61.5. The highest BCUT2D eigenvalue weighted by molar-refractivity contribution is 5.98. The van der Waals surface area contributed by atoms with E-state index in [1.165, 1.54) is 47.6 Å². The molecule has 2 fully saturated rings. The molecule has 34 nitrogen and oxygen atoms in total. The number of aromatic nitrogens is 6. The first-order valence-corrected chi connectivity index (χ1v) is 36.1. The van der Waals surface area contributed by atoms with Crippen molar-refractivity contribution in [2.75, 3.05) is 55.6 Å². The topological polar surface area (TPSA) is 431 Å². The van der Waals surface area contributed by atoms with E-state index in [0.717, 1.165) is 0 Å². The summed E-state index contributed by atoms with van der Waals surface area (Å²) in [5.74, 6) is -6.29. The third-order valence-corrected chi connectivity index (χ3v) is 19.8. The summed E-state index contributed by atoms with van der Waals surface area (Å²) in [6.45, 7) is 13.3. The Hall–Kier alpha value is -11.4. The van der Waals surface area contributed by atoms with E-state index in [9.17, 15) is 39.0 Å². The maximum absolute atomic E-state index is 15.2. The molecule has 0 saturated carbocycles. The summed E-state index contributed by atoms with van der Waals surface area (Å²) in [4.78, 5) is 147. The Morgan fingerprint density at radius 1 is 0.518 bits per heavy atom. The van der Waals surface area contributed by atoms with Crippen LogP contribution in [0.4, 0.5) is 0 Å². The molecule has 0 aliphatic carbocycles. The molecule has 110 heavy (non-hydrogen) atoms. The highest BCUT2D eigenvalue weighted by atomic mass is 16.5. The van der Waals surface area contributed by atoms with Crippen LogP contribution in [0.5, 0.6) is 34.5 Å². The number of ether oxygens (including phenoxy) is 6. The molecule has 2 aromatic heterocycles. The van der Waals surface area contributed by atoms with Crippen LogP contribution in [0.3, 0.4) is 0 Å². The molecule has 0 spiro atoms. The SMILES string of the molecule is CN[C@@H](C)C(=O)N[C@H](C(=O)N1C[C@@H]2C[C@H]1C(=O)N[C@@H](Cc1ccc(OC)c(OC)c1)C(=O)N[C@H](C(=O)O)Cc1ccc(cc1)OCc1cn(nn1)[C@H]1C[C@@H](C(=O)N[C@@H](Cc3ccc(OC)c(OC)c3)C(=O)N[C@H](C(=O)O)Cc3ccc(cc3)OCc3cn2nn3)N(C(=O)[C@@H](NC(=O)[C@H](C)NC)C(C)(C)C)C1)C(C)(C)C. The van der Waals surface area contributed by atoms with Crippen molar-refractivity contribution in [1.29, 1.82) is 0 Å². The van der Waals surface area contributed by atoms with Gasteiger partial charge in [-0.3, -0.25) is 38.4 Å². The number of carboxylic acid groups (broad SMARTS) is 2. The van der Waals surface area contributed by atoms with Crippen molar-refractivity contribution in [1.82, 2.24) is 82.3 Å². The molecular weight excluding hydrogens is 1420 g/mol. The normalized spacial score (nSPS) is 21.5. The molecule has 12 bridgehead atoms. The van der Waals surface area contributed by atoms with Gasteiger partial charge < -0.3 is 91.0 Å². The Bertz CT molecular complexity index is 4020. The van der Waals surface area contributed by atoms with E-state index in [-0.39, 0.29) is 64.8 Å². The van der Waals surface area contributed by atoms with Crippen LogP contribution >= 0.6 is 0 Å². The van der Waals surface area contributed by atoms with Crippen molar-refractivity contribution in [3.63, 3.8) is 0 Å². The Balaban J connectivity index is 1.07. The molecule has 6 aromatic rings. The Labute approximate surface area is 637 Å². The maximum Gasteiger partial charge on any atom is 0.326 e. The van der Waals surface area contributed by atoms with Crippen LogP contribution < -0.4 is 71.0 Å². The number of amides is 8. The lowest BCUT2D eigenvalue weighted by Crippen LogP contribution is -2.60. The molecule has 592 valence electrons. The summed E-state index contributed by atoms with van der Waals surface area (Å²) < 4.78 is 37.4. The lowest BCUT2D eigenvalue weighted by Gasteiger charge is -2.36. The molecule has 34 heteroatoms. The van der Waals surface area contributed by atoms with Gasteiger partial charge in [-0.2, -0.15) is 0 Å². The second-order valence-corrected chi connectivity index (χ2v) is 29.8. The summed E-state index contributed by atoms with van der Waals surface area (Å²) in [7, 11) is 8.96. The second-order valence-electron chi connectivity index (χ2n) is 29.8. The predicted octanol–water partition coefficient (Wildman–Crippen LogP) is 2.02. The van der Waals surface area contributed by atoms with Crippen LogP contribution in [0, 0.1) is 10.8 Å². The van der Waals surface area contributed by atoms with Crippen LogP contribution in [-0.4, -0.2) is 225 Å². The number of nitrogens with zero attached hydrogens (tertiary/aromatic N) is 8. The van der Waals surface area contributed by atoms with Gasteiger partial charge in [-0.05, 0) is 110 Å². The monoisotopic (exact) mass is 1520 g/mol. The number of methoxy groups -OCH3 is 4. The van der Waals surface area contributed by atoms with Crippen LogP contribution in [-0.2, 0) is 86.8 Å². The fourth-order valence-electron chi connectivity index (χ4n) is 13.2. The lowest BCUT2D eigenvalue weighted by atomic mass is 9.85. The third-order valence-electron chi connectivity index (χ3n) is 19.8. The number of carbonyl (C=O) groups excluding carboxylic acids is 8. The molecule has 6 aliphatic heterocycles. The Morgan fingerprint density at radius 2 is 0.873 bits per heavy atom. The zero-order valence-corrected chi connectivity index (χ0v) is 64.2. The minimum Gasteiger partial charge on any atom is -0.493 e. The first kappa shape index (κ1) is 82.6. The number of rotatable bonds is 18. The van der Waals surface area contributed by atoms with Crippen LogP contribution in [0.1, 0.15) is 114 Å². The van der Waals surface area contributed by atoms with Gasteiger partial charge in [0.25, 0.3) is 0 Å². The van der Waals surface area contributed by atoms with Crippen LogP contribution in [0.15, 0.2) is 97.3 Å². The molecule has 6 aliphatic rings. The molecule has 8 amide bonds. The molecule has 8 heterocycles. The van der Waals surface area contributed by atoms with Crippen molar-refractivity contribution in [3.8, 4) is 34.5 Å². The largest absolute Gasteiger partial charge is 0.493 e. The first-order chi connectivity index (χ1) is 52.2. The average Bonchev–Trinajstić information content (AvgIpc) is 1.62. The van der Waals surface area contributed by atoms with Gasteiger partial charge >= 0.3 is 11.9 Å². The minimum atomic E-state index is -1.56. The summed E-state index contributed by atoms with van der Waals surface area (Å²) in [5.41, 5.74) is 0.699. The van der Waals surface area contributed by atoms with E-state index < -0.39 is 143 Å². The van der Waals surface area contributed by atoms with Crippen LogP contribution in [0.25, 0.3) is 0 Å². The van der Waals surface area contributed by atoms with Gasteiger partial charge in [-0.25, -0.2) is 19.0 Å². The van der Waals surface area contributed by atoms with E-state index in [2.05, 4.69) is 63.2 Å². The molecule has 12 rings (SSSR count). The zero-order valence-electron chi connectivity index (χ0n) is 64.2. The average molecular weight is 1530 g/mol. The number of hydrogen-bond acceptors (Lipinski definition) is 22. The third kappa shape index (κ3) is 20.7. The first-order valence-electron chi connectivity index (χ1n) is 36.1. The highest BCUT2D eigenvalue weighted by Gasteiger charge is 2.49. The van der Waals surface area contributed by atoms with Crippen molar-refractivity contribution >= 4 is 59.2 Å². The second kappa shape index (κ2) is 36.2. The number of aliphatic carboxylic acids is 2. The smallest absolute Gasteiger partial charge is 0.326 e. The number of benzene rings is 4. The maximum atomic E-state index is 15.2. The molecule has 4 aromatic carbocycles. The predicted molar refractivity (Wildman–Crippen MR) is 397 cm³/mol. The van der Waals surface area contributed by atoms with E-state index in [1.54, 1.807) is 167 Å². The minimum absolute atomic E-state index is 0.0754. The summed E-state index contributed by atoms with van der Waals surface area (Å²) >= 11 is 0. The molecular formula is C76H100N16O18. The van der Waals surface area contributed by atoms with Gasteiger partial charge in [0.1, 0.15) is 84.4 Å². The summed E-state index contributed by atoms with van der Waals surface area (Å²) in [6.07, 6.45) is 2.13. The number of nitrogens with one attached hydrogen (secondary N) is 8. The zero-order chi connectivity index (χ0) is 80.1. The van der Waals surface area contributed by atoms with Gasteiger partial charge in [0, 0.05) is 51.6 Å². The molecule has 2 saturated heterocycles. The van der Waals surface area contributed by atoms with E-state index >= 15 is 19.2 Å². The van der Waals surface area contributed by atoms with Crippen molar-refractivity contribution in [2.24, 2.45) is 10.8 Å². The Morgan fingerprint density at radius 3 is 1.19 bits per heavy atom. The quantitative estimate of drug-likeness (QED) is 0.0588. The van der Waals surface area contributed by atoms with Crippen molar-refractivity contribution in [2.45, 2.75) is 180 Å². The number of carboxylic acids is 2. The van der Waals surface area contributed by atoms with Crippen molar-refractivity contribution in [3.05, 3.63) is 131 Å². The molecule has 0 unspecified atom stereocenters. The molecule has 0 radical (unpaired) electrons. The van der Waals surface area contributed by atoms with Gasteiger partial charge in [0.15, 0.2) is 23.0 Å². The fourth-order valence-corrected chi connectivity index (χ4v) is 13.2. The lowest BCUT2D eigenvalue weighted by molar-refractivity contribution is -0.145. The fraction of sp³-hybridized carbons (Fsp3) is 0.500. The number of likely N-dealkylation sites (N-methyl/N-ethyl adjacent to an activating group) is 2. The summed E-state index contributed by atoms with van der Waals surface area (Å²) in [6, 6.07) is 8.65. The van der Waals surface area contributed by atoms with Crippen molar-refractivity contribution < 1.29 is 86.6 Å². The molecule has 12 atom stereocenters. The van der Waals surface area contributed by atoms with E-state index in [0.29, 0.717) is 68.1 Å². The van der Waals surface area contributed by atoms with E-state index in [4.69, 9.17) is 28.4 Å². The molecule has 10 N–H and O–H groups in total. The number of likely N-dealkylation sites (tertiary alicyclic amines) is 2. The van der Waals surface area contributed by atoms with E-state index in [1.807, 2.05) is 0 Å². The standard InChI is InChI=1S/C76H100N16O18/c1-41(77-9)65(93)83-63(75(3,4)5)71(99)89-37-49-33-57(89)69(97)79-53(29-45-19-25-59(105-11)61(31-45)107-13)67(95)81-55(73(101)102)27-43-17-23-52(24-18-43)110-40-48-36-92(88-86-48)50-34-58(90(38-50)72(100)64(76(6,7)8)84-66(94)42(2)78-10)70(98)80-54(30-46-20-26-60(106-12)62(32-46)108-14)68(96)82-56(74(103)104)28-44-15-21-51(22-16-44)109-39-47-35-91(49)87-85-47/h15-26,31-32,35-36,41-42,49-50,53-58,63-64,77-78H,27-30,33-34,37-40H2,1-14H3,(H,79,97)(H,80,98)(H,81,95)(H,82,96)(H,83,93)(H,84,94)(H,101,102)(H,103,104)/t41-,42-,49-,50-,53-,54-,55-,56-,57-,58-,63+,64+/m0/s1. The van der Waals surface area contributed by atoms with Crippen LogP contribution in [0.2, 0.25) is 0 Å². The Kier molecular flexibility index (Phi) is 27.2. The highest BCUT2D eigenvalue weighted by Crippen LogP contribution is 2.36. The van der Waals surface area contributed by atoms with Gasteiger partial charge in [-0.15, -0.1) is 10.2 Å². The van der Waals surface area contributed by atoms with Gasteiger partial charge in [0.05, 0.1) is 65.0 Å². The van der Waals surface area contributed by atoms with Gasteiger partial charge in [0.2, 0.25) is 47.3 Å². The number of hydrogen-bond donors (Lipinski definition) is 10. The van der Waals surface area contributed by atoms with Gasteiger partial charge in [-0.1, -0.05) is 88.4 Å².